The second-order valence-corrected chi connectivity index (χ2v) is 8.40. The van der Waals surface area contributed by atoms with Crippen molar-refractivity contribution < 1.29 is 36.3 Å². The maximum Gasteiger partial charge on any atom is 0.573 e. The summed E-state index contributed by atoms with van der Waals surface area (Å²) in [5, 5.41) is 0. The molecule has 0 unspecified atom stereocenters. The molecule has 0 bridgehead atoms. The fourth-order valence-corrected chi connectivity index (χ4v) is 3.14. The van der Waals surface area contributed by atoms with E-state index in [1.165, 1.54) is 12.1 Å². The van der Waals surface area contributed by atoms with Crippen LogP contribution in [0.25, 0.3) is 5.57 Å². The SMILES string of the molecule is CC1(C)OB(C(F)=C(CCOc2ccccc2)c2ccc(OC(F)(F)F)cc2)OC1(C)C. The van der Waals surface area contributed by atoms with Gasteiger partial charge in [0.25, 0.3) is 0 Å². The third-order valence-electron chi connectivity index (χ3n) is 5.55. The molecule has 0 saturated carbocycles. The summed E-state index contributed by atoms with van der Waals surface area (Å²) in [5.74, 6) is 0.231. The zero-order valence-corrected chi connectivity index (χ0v) is 18.3. The minimum absolute atomic E-state index is 0.143. The fraction of sp³-hybridized carbons (Fsp3) is 0.391. The summed E-state index contributed by atoms with van der Waals surface area (Å²) < 4.78 is 74.2. The van der Waals surface area contributed by atoms with E-state index in [1.54, 1.807) is 12.1 Å². The molecule has 32 heavy (non-hydrogen) atoms. The molecular formula is C23H25BF4O4. The Hall–Kier alpha value is -2.52. The van der Waals surface area contributed by atoms with Gasteiger partial charge in [0.2, 0.25) is 0 Å². The molecule has 1 saturated heterocycles. The van der Waals surface area contributed by atoms with Gasteiger partial charge in [-0.15, -0.1) is 13.2 Å². The summed E-state index contributed by atoms with van der Waals surface area (Å²) in [6, 6.07) is 14.0. The highest BCUT2D eigenvalue weighted by molar-refractivity contribution is 6.55. The van der Waals surface area contributed by atoms with Crippen molar-refractivity contribution in [3.05, 3.63) is 65.9 Å². The van der Waals surface area contributed by atoms with Gasteiger partial charge >= 0.3 is 13.5 Å². The number of para-hydroxylation sites is 1. The second-order valence-electron chi connectivity index (χ2n) is 8.40. The Kier molecular flexibility index (Phi) is 6.90. The van der Waals surface area contributed by atoms with Gasteiger partial charge in [-0.1, -0.05) is 30.3 Å². The Bertz CT molecular complexity index is 925. The van der Waals surface area contributed by atoms with Gasteiger partial charge in [-0.05, 0) is 63.1 Å². The average molecular weight is 452 g/mol. The van der Waals surface area contributed by atoms with Crippen LogP contribution in [-0.4, -0.2) is 31.3 Å². The minimum Gasteiger partial charge on any atom is -0.493 e. The van der Waals surface area contributed by atoms with Crippen molar-refractivity contribution in [1.82, 2.24) is 0 Å². The molecule has 1 aliphatic rings. The quantitative estimate of drug-likeness (QED) is 0.362. The lowest BCUT2D eigenvalue weighted by atomic mass is 9.82. The predicted molar refractivity (Wildman–Crippen MR) is 114 cm³/mol. The van der Waals surface area contributed by atoms with Crippen molar-refractivity contribution in [2.45, 2.75) is 51.7 Å². The molecule has 0 aliphatic carbocycles. The smallest absolute Gasteiger partial charge is 0.493 e. The summed E-state index contributed by atoms with van der Waals surface area (Å²) >= 11 is 0. The summed E-state index contributed by atoms with van der Waals surface area (Å²) in [6.07, 6.45) is -4.66. The van der Waals surface area contributed by atoms with Gasteiger partial charge in [-0.25, -0.2) is 4.39 Å². The molecule has 0 amide bonds. The van der Waals surface area contributed by atoms with E-state index in [0.717, 1.165) is 12.1 Å². The third-order valence-corrected chi connectivity index (χ3v) is 5.55. The molecule has 3 rings (SSSR count). The standard InChI is InChI=1S/C23H25BF4O4/c1-21(2)22(3,4)32-24(31-21)20(25)19(14-15-29-17-8-6-5-7-9-17)16-10-12-18(13-11-16)30-23(26,27)28/h5-13H,14-15H2,1-4H3. The summed E-state index contributed by atoms with van der Waals surface area (Å²) in [6.45, 7) is 7.38. The molecule has 0 atom stereocenters. The average Bonchev–Trinajstić information content (AvgIpc) is 2.92. The minimum atomic E-state index is -4.81. The molecule has 1 heterocycles. The molecule has 0 aromatic heterocycles. The molecule has 4 nitrogen and oxygen atoms in total. The summed E-state index contributed by atoms with van der Waals surface area (Å²) in [4.78, 5) is 0. The molecular weight excluding hydrogens is 427 g/mol. The van der Waals surface area contributed by atoms with Crippen molar-refractivity contribution in [1.29, 1.82) is 0 Å². The first kappa shape index (κ1) is 24.1. The Morgan fingerprint density at radius 1 is 0.875 bits per heavy atom. The molecule has 1 fully saturated rings. The van der Waals surface area contributed by atoms with Crippen LogP contribution in [0, 0.1) is 0 Å². The van der Waals surface area contributed by atoms with E-state index < -0.39 is 36.2 Å². The number of benzene rings is 2. The van der Waals surface area contributed by atoms with Crippen molar-refractivity contribution >= 4 is 12.7 Å². The van der Waals surface area contributed by atoms with Crippen LogP contribution in [0.5, 0.6) is 11.5 Å². The summed E-state index contributed by atoms with van der Waals surface area (Å²) in [5.41, 5.74) is -1.54. The molecule has 0 N–H and O–H groups in total. The monoisotopic (exact) mass is 452 g/mol. The number of hydrogen-bond acceptors (Lipinski definition) is 4. The van der Waals surface area contributed by atoms with E-state index in [9.17, 15) is 13.2 Å². The highest BCUT2D eigenvalue weighted by atomic mass is 19.4. The molecule has 172 valence electrons. The van der Waals surface area contributed by atoms with Crippen molar-refractivity contribution in [3.63, 3.8) is 0 Å². The Morgan fingerprint density at radius 3 is 1.97 bits per heavy atom. The Morgan fingerprint density at radius 2 is 1.44 bits per heavy atom. The van der Waals surface area contributed by atoms with Crippen molar-refractivity contribution in [3.8, 4) is 11.5 Å². The van der Waals surface area contributed by atoms with Gasteiger partial charge in [0.1, 0.15) is 17.2 Å². The van der Waals surface area contributed by atoms with Crippen LogP contribution in [0.1, 0.15) is 39.7 Å². The zero-order chi connectivity index (χ0) is 23.6. The number of halogens is 4. The molecule has 2 aromatic rings. The second kappa shape index (κ2) is 9.15. The van der Waals surface area contributed by atoms with Gasteiger partial charge in [0.15, 0.2) is 0 Å². The third kappa shape index (κ3) is 5.83. The van der Waals surface area contributed by atoms with Gasteiger partial charge in [-0.2, -0.15) is 0 Å². The maximum atomic E-state index is 15.6. The maximum absolute atomic E-state index is 15.6. The summed E-state index contributed by atoms with van der Waals surface area (Å²) in [7, 11) is -1.24. The fourth-order valence-electron chi connectivity index (χ4n) is 3.14. The molecule has 0 radical (unpaired) electrons. The molecule has 0 spiro atoms. The van der Waals surface area contributed by atoms with Crippen LogP contribution in [0.4, 0.5) is 17.6 Å². The van der Waals surface area contributed by atoms with Crippen LogP contribution in [-0.2, 0) is 9.31 Å². The number of rotatable bonds is 7. The van der Waals surface area contributed by atoms with Crippen molar-refractivity contribution in [2.24, 2.45) is 0 Å². The molecule has 9 heteroatoms. The predicted octanol–water partition coefficient (Wildman–Crippen LogP) is 6.37. The Labute approximate surface area is 185 Å². The first-order valence-electron chi connectivity index (χ1n) is 10.2. The highest BCUT2D eigenvalue weighted by Crippen LogP contribution is 2.41. The van der Waals surface area contributed by atoms with Crippen LogP contribution in [0.15, 0.2) is 60.3 Å². The largest absolute Gasteiger partial charge is 0.573 e. The highest BCUT2D eigenvalue weighted by Gasteiger charge is 2.53. The lowest BCUT2D eigenvalue weighted by Crippen LogP contribution is -2.41. The lowest BCUT2D eigenvalue weighted by molar-refractivity contribution is -0.274. The van der Waals surface area contributed by atoms with Crippen LogP contribution in [0.2, 0.25) is 0 Å². The van der Waals surface area contributed by atoms with Crippen LogP contribution >= 0.6 is 0 Å². The number of ether oxygens (including phenoxy) is 2. The van der Waals surface area contributed by atoms with E-state index in [1.807, 2.05) is 45.9 Å². The normalized spacial score (nSPS) is 18.3. The van der Waals surface area contributed by atoms with Gasteiger partial charge in [0, 0.05) is 6.42 Å². The van der Waals surface area contributed by atoms with Gasteiger partial charge in [-0.3, -0.25) is 0 Å². The van der Waals surface area contributed by atoms with E-state index in [0.29, 0.717) is 11.3 Å². The topological polar surface area (TPSA) is 36.9 Å². The first-order chi connectivity index (χ1) is 14.9. The van der Waals surface area contributed by atoms with Crippen molar-refractivity contribution in [2.75, 3.05) is 6.61 Å². The number of alkyl halides is 3. The lowest BCUT2D eigenvalue weighted by Gasteiger charge is -2.32. The Balaban J connectivity index is 1.86. The van der Waals surface area contributed by atoms with Crippen LogP contribution in [0.3, 0.4) is 0 Å². The van der Waals surface area contributed by atoms with E-state index in [4.69, 9.17) is 14.0 Å². The zero-order valence-electron chi connectivity index (χ0n) is 18.3. The molecule has 2 aromatic carbocycles. The van der Waals surface area contributed by atoms with E-state index in [2.05, 4.69) is 4.74 Å². The van der Waals surface area contributed by atoms with E-state index in [-0.39, 0.29) is 18.6 Å². The van der Waals surface area contributed by atoms with Gasteiger partial charge in [0.05, 0.1) is 17.8 Å². The molecule has 1 aliphatic heterocycles. The van der Waals surface area contributed by atoms with Crippen LogP contribution < -0.4 is 9.47 Å². The first-order valence-corrected chi connectivity index (χ1v) is 10.2. The van der Waals surface area contributed by atoms with Gasteiger partial charge < -0.3 is 18.8 Å². The van der Waals surface area contributed by atoms with E-state index >= 15 is 4.39 Å². The number of hydrogen-bond donors (Lipinski definition) is 0.